The molecular weight excluding hydrogens is 695 g/mol. The Labute approximate surface area is 313 Å². The highest BCUT2D eigenvalue weighted by molar-refractivity contribution is 5.92. The lowest BCUT2D eigenvalue weighted by Crippen LogP contribution is -2.13. The molecule has 0 spiro atoms. The van der Waals surface area contributed by atoms with Gasteiger partial charge in [0.25, 0.3) is 5.91 Å². The van der Waals surface area contributed by atoms with Crippen molar-refractivity contribution in [3.8, 4) is 50.8 Å². The minimum atomic E-state index is -0.587. The monoisotopic (exact) mass is 724 g/mol. The van der Waals surface area contributed by atoms with Crippen LogP contribution >= 0.6 is 0 Å². The Hall–Kier alpha value is -7.06. The number of halogens is 2. The van der Waals surface area contributed by atoms with E-state index in [0.717, 1.165) is 51.8 Å². The third-order valence-electron chi connectivity index (χ3n) is 10.9. The summed E-state index contributed by atoms with van der Waals surface area (Å²) >= 11 is 0. The average Bonchev–Trinajstić information content (AvgIpc) is 4.13. The van der Waals surface area contributed by atoms with Crippen molar-refractivity contribution < 1.29 is 13.6 Å². The van der Waals surface area contributed by atoms with Crippen molar-refractivity contribution in [3.05, 3.63) is 156 Å². The van der Waals surface area contributed by atoms with Crippen molar-refractivity contribution in [1.29, 1.82) is 5.26 Å². The summed E-state index contributed by atoms with van der Waals surface area (Å²) in [6, 6.07) is 25.9. The number of amides is 1. The molecule has 0 radical (unpaired) electrons. The van der Waals surface area contributed by atoms with Crippen LogP contribution in [-0.4, -0.2) is 34.6 Å². The van der Waals surface area contributed by atoms with Gasteiger partial charge in [-0.3, -0.25) is 23.6 Å². The van der Waals surface area contributed by atoms with E-state index in [0.29, 0.717) is 45.9 Å². The maximum Gasteiger partial charge on any atom is 0.267 e. The van der Waals surface area contributed by atoms with Gasteiger partial charge in [0, 0.05) is 58.2 Å². The fraction of sp³-hybridized carbons (Fsp3) is 0.136. The van der Waals surface area contributed by atoms with E-state index in [9.17, 15) is 14.4 Å². The maximum atomic E-state index is 15.9. The Kier molecular flexibility index (Phi) is 7.42. The van der Waals surface area contributed by atoms with Gasteiger partial charge in [-0.15, -0.1) is 0 Å². The molecule has 266 valence electrons. The third kappa shape index (κ3) is 5.53. The molecule has 6 aromatic heterocycles. The molecule has 11 heteroatoms. The van der Waals surface area contributed by atoms with E-state index in [2.05, 4.69) is 22.1 Å². The number of benzene rings is 2. The summed E-state index contributed by atoms with van der Waals surface area (Å²) < 4.78 is 34.1. The molecule has 1 amide bonds. The van der Waals surface area contributed by atoms with E-state index in [1.165, 1.54) is 18.3 Å². The first-order chi connectivity index (χ1) is 26.9. The molecule has 2 aliphatic rings. The molecule has 2 unspecified atom stereocenters. The maximum absolute atomic E-state index is 15.9. The number of hydrogen-bond acceptors (Lipinski definition) is 6. The van der Waals surface area contributed by atoms with Gasteiger partial charge in [0.15, 0.2) is 0 Å². The second-order valence-electron chi connectivity index (χ2n) is 14.3. The number of carbonyl (C=O) groups is 1. The van der Waals surface area contributed by atoms with Crippen LogP contribution in [0.25, 0.3) is 56.1 Å². The smallest absolute Gasteiger partial charge is 0.267 e. The summed E-state index contributed by atoms with van der Waals surface area (Å²) in [4.78, 5) is 30.5. The van der Waals surface area contributed by atoms with Gasteiger partial charge >= 0.3 is 0 Å². The predicted octanol–water partition coefficient (Wildman–Crippen LogP) is 8.84. The van der Waals surface area contributed by atoms with Gasteiger partial charge in [-0.1, -0.05) is 12.1 Å². The molecule has 6 heterocycles. The number of imidazole rings is 2. The number of carbonyl (C=O) groups excluding carboxylic acids is 1. The van der Waals surface area contributed by atoms with Gasteiger partial charge in [-0.2, -0.15) is 5.26 Å². The highest BCUT2D eigenvalue weighted by Crippen LogP contribution is 2.57. The van der Waals surface area contributed by atoms with Crippen LogP contribution in [0, 0.1) is 23.0 Å². The first-order valence-corrected chi connectivity index (χ1v) is 18.0. The summed E-state index contributed by atoms with van der Waals surface area (Å²) in [5.74, 6) is -1.10. The number of nitrogens with two attached hydrogens (primary N) is 1. The molecule has 2 atom stereocenters. The summed E-state index contributed by atoms with van der Waals surface area (Å²) in [5, 5.41) is 10.0. The summed E-state index contributed by atoms with van der Waals surface area (Å²) in [7, 11) is 0. The highest BCUT2D eigenvalue weighted by Gasteiger charge is 2.43. The van der Waals surface area contributed by atoms with Crippen LogP contribution in [0.15, 0.2) is 116 Å². The van der Waals surface area contributed by atoms with E-state index in [-0.39, 0.29) is 35.1 Å². The third-order valence-corrected chi connectivity index (χ3v) is 10.9. The number of aromatic nitrogens is 6. The lowest BCUT2D eigenvalue weighted by Gasteiger charge is -2.14. The Bertz CT molecular complexity index is 2920. The standard InChI is InChI=1S/C44H30F2N8O/c45-37-10-7-25(15-32(37)24-5-6-24)42-31(4-2-14-50-42)28-17-36(44-52-20-29(19-47)53(44)23-28)34-18-33(34)35-16-26(8-11-38(35)46)41-30(3-1-13-49-41)27-9-12-40-51-21-39(43(48)55)54(40)22-27/h1-4,7-17,20-24,33-34H,5-6,18H2,(H2,48,55). The highest BCUT2D eigenvalue weighted by atomic mass is 19.1. The molecule has 0 aliphatic heterocycles. The minimum absolute atomic E-state index is 0.0763. The fourth-order valence-corrected chi connectivity index (χ4v) is 7.93. The summed E-state index contributed by atoms with van der Waals surface area (Å²) in [6.45, 7) is 0. The Morgan fingerprint density at radius 2 is 1.33 bits per heavy atom. The SMILES string of the molecule is N#Cc1cnc2c(C3CC3c3cc(-c4ncccc4-c4ccc5ncc(C(N)=O)n5c4)ccc3F)cc(-c3cccnc3-c3ccc(F)c(C4CC4)c3)cn12. The predicted molar refractivity (Wildman–Crippen MR) is 203 cm³/mol. The number of fused-ring (bicyclic) bond motifs is 2. The second-order valence-corrected chi connectivity index (χ2v) is 14.3. The van der Waals surface area contributed by atoms with E-state index in [1.54, 1.807) is 45.7 Å². The topological polar surface area (TPSA) is 127 Å². The Balaban J connectivity index is 1.04. The van der Waals surface area contributed by atoms with Crippen molar-refractivity contribution in [3.63, 3.8) is 0 Å². The fourth-order valence-electron chi connectivity index (χ4n) is 7.93. The molecule has 9 nitrogen and oxygen atoms in total. The lowest BCUT2D eigenvalue weighted by atomic mass is 9.95. The Morgan fingerprint density at radius 3 is 2.02 bits per heavy atom. The van der Waals surface area contributed by atoms with Gasteiger partial charge in [0.2, 0.25) is 0 Å². The zero-order valence-corrected chi connectivity index (χ0v) is 29.2. The second kappa shape index (κ2) is 12.5. The molecular formula is C44H30F2N8O. The van der Waals surface area contributed by atoms with Crippen LogP contribution in [0.3, 0.4) is 0 Å². The lowest BCUT2D eigenvalue weighted by molar-refractivity contribution is 0.0994. The number of rotatable bonds is 8. The van der Waals surface area contributed by atoms with E-state index >= 15 is 4.39 Å². The molecule has 2 saturated carbocycles. The van der Waals surface area contributed by atoms with Crippen molar-refractivity contribution in [2.24, 2.45) is 5.73 Å². The molecule has 2 aliphatic carbocycles. The minimum Gasteiger partial charge on any atom is -0.364 e. The van der Waals surface area contributed by atoms with Crippen LogP contribution < -0.4 is 5.73 Å². The van der Waals surface area contributed by atoms with Crippen molar-refractivity contribution in [2.45, 2.75) is 37.0 Å². The van der Waals surface area contributed by atoms with E-state index in [4.69, 9.17) is 15.7 Å². The average molecular weight is 725 g/mol. The normalized spacial score (nSPS) is 16.4. The van der Waals surface area contributed by atoms with Crippen molar-refractivity contribution >= 4 is 17.2 Å². The van der Waals surface area contributed by atoms with Crippen LogP contribution in [0.5, 0.6) is 0 Å². The number of nitrogens with zero attached hydrogens (tertiary/aromatic N) is 7. The quantitative estimate of drug-likeness (QED) is 0.167. The van der Waals surface area contributed by atoms with Crippen LogP contribution in [0.2, 0.25) is 0 Å². The van der Waals surface area contributed by atoms with Gasteiger partial charge in [-0.05, 0) is 120 Å². The first-order valence-electron chi connectivity index (χ1n) is 18.0. The molecule has 55 heavy (non-hydrogen) atoms. The Morgan fingerprint density at radius 1 is 0.709 bits per heavy atom. The van der Waals surface area contributed by atoms with Gasteiger partial charge in [-0.25, -0.2) is 18.7 Å². The van der Waals surface area contributed by atoms with Crippen LogP contribution in [0.4, 0.5) is 8.78 Å². The molecule has 8 aromatic rings. The van der Waals surface area contributed by atoms with Gasteiger partial charge < -0.3 is 5.73 Å². The number of primary amides is 1. The van der Waals surface area contributed by atoms with E-state index < -0.39 is 5.91 Å². The summed E-state index contributed by atoms with van der Waals surface area (Å²) in [6.07, 6.45) is 12.8. The number of hydrogen-bond donors (Lipinski definition) is 1. The first kappa shape index (κ1) is 32.6. The molecule has 2 aromatic carbocycles. The molecule has 2 fully saturated rings. The van der Waals surface area contributed by atoms with Gasteiger partial charge in [0.05, 0.1) is 23.8 Å². The number of nitriles is 1. The largest absolute Gasteiger partial charge is 0.364 e. The molecule has 2 N–H and O–H groups in total. The molecule has 0 saturated heterocycles. The molecule has 10 rings (SSSR count). The van der Waals surface area contributed by atoms with Crippen LogP contribution in [-0.2, 0) is 0 Å². The zero-order chi connectivity index (χ0) is 37.4. The van der Waals surface area contributed by atoms with Crippen LogP contribution in [0.1, 0.15) is 69.9 Å². The van der Waals surface area contributed by atoms with Crippen molar-refractivity contribution in [2.75, 3.05) is 0 Å². The van der Waals surface area contributed by atoms with Crippen molar-refractivity contribution in [1.82, 2.24) is 28.7 Å². The summed E-state index contributed by atoms with van der Waals surface area (Å²) in [5.41, 5.74) is 15.8. The number of pyridine rings is 4. The zero-order valence-electron chi connectivity index (χ0n) is 29.2. The van der Waals surface area contributed by atoms with E-state index in [1.807, 2.05) is 54.7 Å². The molecule has 0 bridgehead atoms. The van der Waals surface area contributed by atoms with Gasteiger partial charge in [0.1, 0.15) is 40.4 Å².